The lowest BCUT2D eigenvalue weighted by molar-refractivity contribution is 0.930. The molecule has 0 radical (unpaired) electrons. The Labute approximate surface area is 181 Å². The van der Waals surface area contributed by atoms with Crippen LogP contribution in [0.1, 0.15) is 29.7 Å². The monoisotopic (exact) mass is 401 g/mol. The summed E-state index contributed by atoms with van der Waals surface area (Å²) in [5.41, 5.74) is 8.34. The van der Waals surface area contributed by atoms with Gasteiger partial charge >= 0.3 is 0 Å². The van der Waals surface area contributed by atoms with Crippen molar-refractivity contribution in [1.82, 2.24) is 9.97 Å². The van der Waals surface area contributed by atoms with E-state index in [0.717, 1.165) is 17.8 Å². The molecule has 1 atom stereocenters. The van der Waals surface area contributed by atoms with E-state index < -0.39 is 0 Å². The highest BCUT2D eigenvalue weighted by molar-refractivity contribution is 5.92. The standard InChI is InChI=1S/C28H23N3/c1-2-31-18-23(26-16-15-19-9-3-6-12-24(19)30-26)28(21-11-5-8-14-27(21)31)22-17-29-25-13-7-4-10-20(22)25/h3-18,28-29H,2H2,1H3/t28-/m1/s1. The summed E-state index contributed by atoms with van der Waals surface area (Å²) in [6.45, 7) is 3.11. The highest BCUT2D eigenvalue weighted by Crippen LogP contribution is 2.47. The van der Waals surface area contributed by atoms with E-state index in [9.17, 15) is 0 Å². The average Bonchev–Trinajstić information content (AvgIpc) is 3.26. The molecule has 0 fully saturated rings. The van der Waals surface area contributed by atoms with Gasteiger partial charge in [0.25, 0.3) is 0 Å². The Morgan fingerprint density at radius 1 is 0.839 bits per heavy atom. The first-order valence-corrected chi connectivity index (χ1v) is 10.8. The van der Waals surface area contributed by atoms with E-state index in [1.54, 1.807) is 0 Å². The predicted octanol–water partition coefficient (Wildman–Crippen LogP) is 6.73. The third-order valence-electron chi connectivity index (χ3n) is 6.33. The van der Waals surface area contributed by atoms with Crippen LogP contribution in [-0.4, -0.2) is 16.5 Å². The SMILES string of the molecule is CCN1C=C(c2ccc3ccccc3n2)[C@@H](c2c[nH]c3ccccc23)c2ccccc21. The van der Waals surface area contributed by atoms with Crippen LogP contribution in [0.15, 0.2) is 97.3 Å². The van der Waals surface area contributed by atoms with Gasteiger partial charge in [-0.25, -0.2) is 4.98 Å². The molecule has 0 saturated heterocycles. The van der Waals surface area contributed by atoms with E-state index in [1.165, 1.54) is 38.7 Å². The van der Waals surface area contributed by atoms with Crippen molar-refractivity contribution >= 4 is 33.1 Å². The molecule has 31 heavy (non-hydrogen) atoms. The van der Waals surface area contributed by atoms with Gasteiger partial charge in [0.2, 0.25) is 0 Å². The zero-order valence-corrected chi connectivity index (χ0v) is 17.4. The van der Waals surface area contributed by atoms with Crippen molar-refractivity contribution in [2.24, 2.45) is 0 Å². The van der Waals surface area contributed by atoms with Gasteiger partial charge in [-0.3, -0.25) is 0 Å². The number of benzene rings is 3. The molecule has 1 aliphatic heterocycles. The number of aromatic amines is 1. The number of nitrogens with zero attached hydrogens (tertiary/aromatic N) is 2. The maximum atomic E-state index is 5.08. The first kappa shape index (κ1) is 18.0. The number of fused-ring (bicyclic) bond motifs is 3. The number of H-pyrrole nitrogens is 1. The Hall–Kier alpha value is -3.85. The van der Waals surface area contributed by atoms with Crippen LogP contribution in [0.4, 0.5) is 5.69 Å². The number of rotatable bonds is 3. The highest BCUT2D eigenvalue weighted by Gasteiger charge is 2.31. The number of aromatic nitrogens is 2. The third-order valence-corrected chi connectivity index (χ3v) is 6.33. The van der Waals surface area contributed by atoms with Crippen molar-refractivity contribution < 1.29 is 0 Å². The average molecular weight is 402 g/mol. The van der Waals surface area contributed by atoms with Crippen LogP contribution in [0.3, 0.4) is 0 Å². The molecule has 3 aromatic carbocycles. The van der Waals surface area contributed by atoms with Gasteiger partial charge in [-0.05, 0) is 42.3 Å². The molecule has 0 bridgehead atoms. The Balaban J connectivity index is 1.62. The second-order valence-electron chi connectivity index (χ2n) is 8.04. The highest BCUT2D eigenvalue weighted by atomic mass is 15.1. The molecule has 3 heterocycles. The second kappa shape index (κ2) is 7.13. The molecule has 1 aliphatic rings. The zero-order valence-electron chi connectivity index (χ0n) is 17.4. The topological polar surface area (TPSA) is 31.9 Å². The Morgan fingerprint density at radius 2 is 1.65 bits per heavy atom. The number of hydrogen-bond donors (Lipinski definition) is 1. The zero-order chi connectivity index (χ0) is 20.8. The summed E-state index contributed by atoms with van der Waals surface area (Å²) in [6, 6.07) is 30.0. The fourth-order valence-electron chi connectivity index (χ4n) is 4.84. The summed E-state index contributed by atoms with van der Waals surface area (Å²) < 4.78 is 0. The summed E-state index contributed by atoms with van der Waals surface area (Å²) in [5.74, 6) is 0.115. The van der Waals surface area contributed by atoms with Crippen LogP contribution >= 0.6 is 0 Å². The van der Waals surface area contributed by atoms with Crippen molar-refractivity contribution in [3.05, 3.63) is 114 Å². The second-order valence-corrected chi connectivity index (χ2v) is 8.04. The van der Waals surface area contributed by atoms with Crippen molar-refractivity contribution in [3.8, 4) is 0 Å². The molecular formula is C28H23N3. The molecule has 0 aliphatic carbocycles. The lowest BCUT2D eigenvalue weighted by Gasteiger charge is -2.34. The maximum absolute atomic E-state index is 5.08. The van der Waals surface area contributed by atoms with Crippen LogP contribution in [0.5, 0.6) is 0 Å². The summed E-state index contributed by atoms with van der Waals surface area (Å²) >= 11 is 0. The molecule has 0 saturated carbocycles. The Morgan fingerprint density at radius 3 is 2.58 bits per heavy atom. The minimum Gasteiger partial charge on any atom is -0.361 e. The van der Waals surface area contributed by atoms with Crippen LogP contribution < -0.4 is 4.90 Å². The van der Waals surface area contributed by atoms with Crippen LogP contribution in [0.2, 0.25) is 0 Å². The van der Waals surface area contributed by atoms with Gasteiger partial charge in [0.1, 0.15) is 0 Å². The van der Waals surface area contributed by atoms with Crippen molar-refractivity contribution in [2.45, 2.75) is 12.8 Å². The van der Waals surface area contributed by atoms with E-state index in [2.05, 4.69) is 114 Å². The first-order chi connectivity index (χ1) is 15.3. The summed E-state index contributed by atoms with van der Waals surface area (Å²) in [5, 5.41) is 2.43. The van der Waals surface area contributed by atoms with Gasteiger partial charge < -0.3 is 9.88 Å². The van der Waals surface area contributed by atoms with Gasteiger partial charge in [0.15, 0.2) is 0 Å². The van der Waals surface area contributed by atoms with Crippen LogP contribution in [0.25, 0.3) is 27.4 Å². The minimum atomic E-state index is 0.115. The van der Waals surface area contributed by atoms with Crippen LogP contribution in [0, 0.1) is 0 Å². The van der Waals surface area contributed by atoms with Crippen molar-refractivity contribution in [2.75, 3.05) is 11.4 Å². The van der Waals surface area contributed by atoms with Gasteiger partial charge in [-0.2, -0.15) is 0 Å². The lowest BCUT2D eigenvalue weighted by atomic mass is 9.80. The Bertz CT molecular complexity index is 1440. The fraction of sp³-hybridized carbons (Fsp3) is 0.107. The number of hydrogen-bond acceptors (Lipinski definition) is 2. The number of anilines is 1. The molecule has 6 rings (SSSR count). The molecule has 1 N–H and O–H groups in total. The van der Waals surface area contributed by atoms with Crippen LogP contribution in [-0.2, 0) is 0 Å². The van der Waals surface area contributed by atoms with E-state index >= 15 is 0 Å². The maximum Gasteiger partial charge on any atom is 0.0709 e. The molecule has 0 amide bonds. The number of nitrogens with one attached hydrogen (secondary N) is 1. The van der Waals surface area contributed by atoms with E-state index in [0.29, 0.717) is 0 Å². The number of allylic oxidation sites excluding steroid dienone is 1. The van der Waals surface area contributed by atoms with Crippen molar-refractivity contribution in [3.63, 3.8) is 0 Å². The summed E-state index contributed by atoms with van der Waals surface area (Å²) in [6.07, 6.45) is 4.47. The van der Waals surface area contributed by atoms with E-state index in [4.69, 9.17) is 4.98 Å². The van der Waals surface area contributed by atoms with Gasteiger partial charge in [-0.15, -0.1) is 0 Å². The first-order valence-electron chi connectivity index (χ1n) is 10.8. The quantitative estimate of drug-likeness (QED) is 0.363. The third kappa shape index (κ3) is 2.85. The summed E-state index contributed by atoms with van der Waals surface area (Å²) in [4.78, 5) is 10.9. The number of para-hydroxylation sites is 3. The molecular weight excluding hydrogens is 378 g/mol. The van der Waals surface area contributed by atoms with Gasteiger partial charge in [0.05, 0.1) is 11.2 Å². The van der Waals surface area contributed by atoms with Gasteiger partial charge in [0, 0.05) is 52.4 Å². The number of pyridine rings is 1. The predicted molar refractivity (Wildman–Crippen MR) is 129 cm³/mol. The molecule has 0 unspecified atom stereocenters. The molecule has 150 valence electrons. The van der Waals surface area contributed by atoms with E-state index in [-0.39, 0.29) is 5.92 Å². The minimum absolute atomic E-state index is 0.115. The smallest absolute Gasteiger partial charge is 0.0709 e. The summed E-state index contributed by atoms with van der Waals surface area (Å²) in [7, 11) is 0. The molecule has 0 spiro atoms. The molecule has 2 aromatic heterocycles. The molecule has 3 heteroatoms. The lowest BCUT2D eigenvalue weighted by Crippen LogP contribution is -2.24. The molecule has 3 nitrogen and oxygen atoms in total. The molecule has 5 aromatic rings. The van der Waals surface area contributed by atoms with E-state index in [1.807, 2.05) is 0 Å². The fourth-order valence-corrected chi connectivity index (χ4v) is 4.84. The Kier molecular flexibility index (Phi) is 4.13. The largest absolute Gasteiger partial charge is 0.361 e. The van der Waals surface area contributed by atoms with Crippen molar-refractivity contribution in [1.29, 1.82) is 0 Å². The van der Waals surface area contributed by atoms with Gasteiger partial charge in [-0.1, -0.05) is 60.7 Å². The normalized spacial score (nSPS) is 15.8.